The molecule has 0 saturated carbocycles. The summed E-state index contributed by atoms with van der Waals surface area (Å²) in [6.45, 7) is 2.38. The predicted molar refractivity (Wildman–Crippen MR) is 120 cm³/mol. The molecule has 0 aliphatic carbocycles. The number of sulfone groups is 1. The Morgan fingerprint density at radius 3 is 1.97 bits per heavy atom. The van der Waals surface area contributed by atoms with E-state index in [0.717, 1.165) is 5.56 Å². The van der Waals surface area contributed by atoms with Crippen molar-refractivity contribution in [3.05, 3.63) is 78.1 Å². The molecule has 0 spiro atoms. The summed E-state index contributed by atoms with van der Waals surface area (Å²) in [7, 11) is -4.28. The van der Waals surface area contributed by atoms with Crippen LogP contribution in [-0.4, -0.2) is 67.5 Å². The molecule has 11 heteroatoms. The highest BCUT2D eigenvalue weighted by atomic mass is 32.2. The predicted octanol–water partition coefficient (Wildman–Crippen LogP) is 1.70. The average molecular weight is 486 g/mol. The van der Waals surface area contributed by atoms with Gasteiger partial charge in [0.25, 0.3) is 17.7 Å². The molecule has 1 saturated heterocycles. The highest BCUT2D eigenvalue weighted by Crippen LogP contribution is 2.19. The third-order valence-corrected chi connectivity index (χ3v) is 7.37. The number of aryl methyl sites for hydroxylation is 1. The van der Waals surface area contributed by atoms with Crippen molar-refractivity contribution in [2.75, 3.05) is 26.2 Å². The molecule has 1 unspecified atom stereocenters. The van der Waals surface area contributed by atoms with Gasteiger partial charge in [0.05, 0.1) is 17.4 Å². The topological polar surface area (TPSA) is 130 Å². The first-order valence-electron chi connectivity index (χ1n) is 10.5. The van der Waals surface area contributed by atoms with E-state index in [9.17, 15) is 22.8 Å². The second kappa shape index (κ2) is 9.56. The van der Waals surface area contributed by atoms with Crippen LogP contribution in [0.1, 0.15) is 26.7 Å². The molecule has 4 rings (SSSR count). The standard InChI is InChI=1S/C23H23N3O7S/c1-16-6-8-17(9-7-16)34(30,31)21(24-20(27)18-4-2-14-32-18)23(29)26-12-10-25(11-13-26)22(28)19-5-3-15-33-19/h2-9,14-15,21H,10-13H2,1H3,(H,24,27). The molecule has 1 fully saturated rings. The first-order chi connectivity index (χ1) is 16.3. The Labute approximate surface area is 196 Å². The maximum atomic E-state index is 13.4. The van der Waals surface area contributed by atoms with Crippen LogP contribution in [0.2, 0.25) is 0 Å². The number of amides is 3. The summed E-state index contributed by atoms with van der Waals surface area (Å²) in [5, 5.41) is 0.458. The molecule has 3 aromatic rings. The van der Waals surface area contributed by atoms with E-state index in [4.69, 9.17) is 8.83 Å². The molecule has 0 radical (unpaired) electrons. The highest BCUT2D eigenvalue weighted by molar-refractivity contribution is 7.92. The van der Waals surface area contributed by atoms with Crippen LogP contribution in [0.25, 0.3) is 0 Å². The Hall–Kier alpha value is -3.86. The number of benzene rings is 1. The summed E-state index contributed by atoms with van der Waals surface area (Å²) >= 11 is 0. The number of furan rings is 2. The van der Waals surface area contributed by atoms with Gasteiger partial charge in [0.1, 0.15) is 0 Å². The fourth-order valence-electron chi connectivity index (χ4n) is 3.59. The minimum Gasteiger partial charge on any atom is -0.459 e. The lowest BCUT2D eigenvalue weighted by Gasteiger charge is -2.36. The zero-order valence-corrected chi connectivity index (χ0v) is 19.2. The van der Waals surface area contributed by atoms with Crippen molar-refractivity contribution in [2.45, 2.75) is 17.2 Å². The van der Waals surface area contributed by atoms with Crippen molar-refractivity contribution in [1.29, 1.82) is 0 Å². The van der Waals surface area contributed by atoms with Gasteiger partial charge in [-0.25, -0.2) is 8.42 Å². The minimum absolute atomic E-state index is 0.0946. The minimum atomic E-state index is -4.28. The third kappa shape index (κ3) is 4.74. The van der Waals surface area contributed by atoms with E-state index in [1.165, 1.54) is 46.6 Å². The Bertz CT molecular complexity index is 1260. The van der Waals surface area contributed by atoms with Crippen LogP contribution >= 0.6 is 0 Å². The van der Waals surface area contributed by atoms with Crippen molar-refractivity contribution in [2.24, 2.45) is 0 Å². The first-order valence-corrected chi connectivity index (χ1v) is 12.1. The van der Waals surface area contributed by atoms with Crippen molar-refractivity contribution in [3.8, 4) is 0 Å². The van der Waals surface area contributed by atoms with Crippen LogP contribution in [0.15, 0.2) is 74.8 Å². The van der Waals surface area contributed by atoms with E-state index < -0.39 is 27.0 Å². The fraction of sp³-hybridized carbons (Fsp3) is 0.261. The zero-order chi connectivity index (χ0) is 24.3. The number of piperazine rings is 1. The number of carbonyl (C=O) groups is 3. The van der Waals surface area contributed by atoms with Gasteiger partial charge in [0, 0.05) is 26.2 Å². The summed E-state index contributed by atoms with van der Waals surface area (Å²) in [5.74, 6) is -1.86. The largest absolute Gasteiger partial charge is 0.459 e. The highest BCUT2D eigenvalue weighted by Gasteiger charge is 2.40. The molecule has 178 valence electrons. The maximum Gasteiger partial charge on any atom is 0.289 e. The molecular weight excluding hydrogens is 462 g/mol. The molecule has 1 aliphatic heterocycles. The third-order valence-electron chi connectivity index (χ3n) is 5.50. The van der Waals surface area contributed by atoms with E-state index in [-0.39, 0.29) is 48.5 Å². The van der Waals surface area contributed by atoms with Crippen LogP contribution < -0.4 is 5.32 Å². The Kier molecular flexibility index (Phi) is 6.55. The Morgan fingerprint density at radius 1 is 0.853 bits per heavy atom. The fourth-order valence-corrected chi connectivity index (χ4v) is 5.05. The normalized spacial score (nSPS) is 15.1. The second-order valence-electron chi connectivity index (χ2n) is 7.78. The van der Waals surface area contributed by atoms with Crippen molar-refractivity contribution in [1.82, 2.24) is 15.1 Å². The molecular formula is C23H23N3O7S. The van der Waals surface area contributed by atoms with Crippen LogP contribution in [0.4, 0.5) is 0 Å². The average Bonchev–Trinajstić information content (AvgIpc) is 3.57. The monoisotopic (exact) mass is 485 g/mol. The summed E-state index contributed by atoms with van der Waals surface area (Å²) in [6, 6.07) is 12.0. The second-order valence-corrected chi connectivity index (χ2v) is 9.82. The molecule has 2 aromatic heterocycles. The molecule has 0 bridgehead atoms. The Balaban J connectivity index is 1.55. The van der Waals surface area contributed by atoms with Crippen molar-refractivity contribution < 1.29 is 31.6 Å². The van der Waals surface area contributed by atoms with Gasteiger partial charge >= 0.3 is 0 Å². The van der Waals surface area contributed by atoms with Crippen LogP contribution in [0.5, 0.6) is 0 Å². The van der Waals surface area contributed by atoms with Crippen molar-refractivity contribution >= 4 is 27.6 Å². The van der Waals surface area contributed by atoms with E-state index in [1.54, 1.807) is 31.2 Å². The first kappa shape index (κ1) is 23.3. The number of carbonyl (C=O) groups excluding carboxylic acids is 3. The van der Waals surface area contributed by atoms with Gasteiger partial charge < -0.3 is 24.0 Å². The van der Waals surface area contributed by atoms with Gasteiger partial charge in [-0.3, -0.25) is 14.4 Å². The van der Waals surface area contributed by atoms with Crippen LogP contribution in [0, 0.1) is 6.92 Å². The molecule has 1 aliphatic rings. The van der Waals surface area contributed by atoms with E-state index in [0.29, 0.717) is 0 Å². The Morgan fingerprint density at radius 2 is 1.41 bits per heavy atom. The summed E-state index contributed by atoms with van der Waals surface area (Å²) < 4.78 is 37.0. The smallest absolute Gasteiger partial charge is 0.289 e. The number of nitrogens with zero attached hydrogens (tertiary/aromatic N) is 2. The lowest BCUT2D eigenvalue weighted by atomic mass is 10.2. The molecule has 1 N–H and O–H groups in total. The van der Waals surface area contributed by atoms with Gasteiger partial charge in [-0.1, -0.05) is 17.7 Å². The lowest BCUT2D eigenvalue weighted by Crippen LogP contribution is -2.57. The molecule has 3 heterocycles. The van der Waals surface area contributed by atoms with Gasteiger partial charge in [-0.15, -0.1) is 0 Å². The van der Waals surface area contributed by atoms with E-state index in [1.807, 2.05) is 0 Å². The number of hydrogen-bond acceptors (Lipinski definition) is 7. The summed E-state index contributed by atoms with van der Waals surface area (Å²) in [6.07, 6.45) is 2.67. The van der Waals surface area contributed by atoms with Crippen LogP contribution in [0.3, 0.4) is 0 Å². The van der Waals surface area contributed by atoms with Crippen LogP contribution in [-0.2, 0) is 14.6 Å². The maximum absolute atomic E-state index is 13.4. The lowest BCUT2D eigenvalue weighted by molar-refractivity contribution is -0.132. The molecule has 3 amide bonds. The van der Waals surface area contributed by atoms with E-state index >= 15 is 0 Å². The molecule has 1 atom stereocenters. The number of hydrogen-bond donors (Lipinski definition) is 1. The molecule has 10 nitrogen and oxygen atoms in total. The van der Waals surface area contributed by atoms with Gasteiger partial charge in [-0.05, 0) is 43.3 Å². The quantitative estimate of drug-likeness (QED) is 0.562. The van der Waals surface area contributed by atoms with Gasteiger partial charge in [0.2, 0.25) is 15.2 Å². The number of nitrogens with one attached hydrogen (secondary N) is 1. The van der Waals surface area contributed by atoms with Gasteiger partial charge in [-0.2, -0.15) is 0 Å². The molecule has 1 aromatic carbocycles. The summed E-state index contributed by atoms with van der Waals surface area (Å²) in [5.41, 5.74) is 0.846. The van der Waals surface area contributed by atoms with Crippen molar-refractivity contribution in [3.63, 3.8) is 0 Å². The summed E-state index contributed by atoms with van der Waals surface area (Å²) in [4.78, 5) is 41.2. The van der Waals surface area contributed by atoms with Gasteiger partial charge in [0.15, 0.2) is 11.5 Å². The number of rotatable bonds is 6. The molecule has 34 heavy (non-hydrogen) atoms. The van der Waals surface area contributed by atoms with E-state index in [2.05, 4.69) is 5.32 Å². The zero-order valence-electron chi connectivity index (χ0n) is 18.3. The SMILES string of the molecule is Cc1ccc(S(=O)(=O)C(NC(=O)c2ccco2)C(=O)N2CCN(C(=O)c3ccco3)CC2)cc1.